The number of hydrogen-bond acceptors (Lipinski definition) is 3. The Kier molecular flexibility index (Phi) is 5.17. The van der Waals surface area contributed by atoms with Crippen molar-refractivity contribution in [1.82, 2.24) is 10.4 Å². The number of hydrogen-bond donors (Lipinski definition) is 1. The van der Waals surface area contributed by atoms with E-state index in [1.807, 2.05) is 18.2 Å². The van der Waals surface area contributed by atoms with Crippen LogP contribution in [0.1, 0.15) is 32.3 Å². The van der Waals surface area contributed by atoms with Crippen molar-refractivity contribution in [2.75, 3.05) is 13.1 Å². The van der Waals surface area contributed by atoms with Gasteiger partial charge in [-0.2, -0.15) is 5.48 Å². The van der Waals surface area contributed by atoms with Gasteiger partial charge in [0.15, 0.2) is 0 Å². The van der Waals surface area contributed by atoms with Crippen LogP contribution in [0, 0.1) is 0 Å². The van der Waals surface area contributed by atoms with E-state index in [9.17, 15) is 0 Å². The Morgan fingerprint density at radius 1 is 1.22 bits per heavy atom. The molecule has 1 aliphatic rings. The van der Waals surface area contributed by atoms with E-state index in [2.05, 4.69) is 36.4 Å². The summed E-state index contributed by atoms with van der Waals surface area (Å²) in [7, 11) is 0. The van der Waals surface area contributed by atoms with Crippen molar-refractivity contribution in [3.8, 4) is 0 Å². The van der Waals surface area contributed by atoms with Crippen LogP contribution in [0.5, 0.6) is 0 Å². The highest BCUT2D eigenvalue weighted by molar-refractivity contribution is 5.13. The predicted octanol–water partition coefficient (Wildman–Crippen LogP) is 2.58. The smallest absolute Gasteiger partial charge is 0.0933 e. The minimum absolute atomic E-state index is 0.503. The zero-order valence-electron chi connectivity index (χ0n) is 11.4. The zero-order chi connectivity index (χ0) is 12.8. The number of piperidine rings is 1. The van der Waals surface area contributed by atoms with E-state index in [-0.39, 0.29) is 0 Å². The Labute approximate surface area is 110 Å². The third-order valence-electron chi connectivity index (χ3n) is 3.59. The second kappa shape index (κ2) is 6.88. The van der Waals surface area contributed by atoms with Crippen molar-refractivity contribution in [2.45, 2.75) is 45.4 Å². The molecule has 0 radical (unpaired) electrons. The number of nitrogens with one attached hydrogen (secondary N) is 1. The van der Waals surface area contributed by atoms with Gasteiger partial charge in [-0.15, -0.1) is 0 Å². The molecule has 0 saturated carbocycles. The summed E-state index contributed by atoms with van der Waals surface area (Å²) in [5.41, 5.74) is 4.42. The highest BCUT2D eigenvalue weighted by Gasteiger charge is 2.20. The maximum Gasteiger partial charge on any atom is 0.0933 e. The monoisotopic (exact) mass is 248 g/mol. The van der Waals surface area contributed by atoms with Crippen molar-refractivity contribution in [1.29, 1.82) is 0 Å². The largest absolute Gasteiger partial charge is 0.301 e. The van der Waals surface area contributed by atoms with Crippen LogP contribution < -0.4 is 5.48 Å². The van der Waals surface area contributed by atoms with Gasteiger partial charge in [-0.3, -0.25) is 4.84 Å². The topological polar surface area (TPSA) is 24.5 Å². The lowest BCUT2D eigenvalue weighted by Gasteiger charge is -2.34. The molecule has 1 aromatic rings. The molecule has 0 atom stereocenters. The summed E-state index contributed by atoms with van der Waals surface area (Å²) in [6.07, 6.45) is 2.35. The fourth-order valence-corrected chi connectivity index (χ4v) is 2.35. The van der Waals surface area contributed by atoms with Gasteiger partial charge in [0.25, 0.3) is 0 Å². The summed E-state index contributed by atoms with van der Waals surface area (Å²) in [4.78, 5) is 8.11. The lowest BCUT2D eigenvalue weighted by Crippen LogP contribution is -2.44. The van der Waals surface area contributed by atoms with Crippen LogP contribution in [0.3, 0.4) is 0 Å². The Morgan fingerprint density at radius 2 is 1.89 bits per heavy atom. The molecule has 1 heterocycles. The van der Waals surface area contributed by atoms with Gasteiger partial charge in [0.1, 0.15) is 0 Å². The van der Waals surface area contributed by atoms with Crippen LogP contribution in [0.2, 0.25) is 0 Å². The number of nitrogens with zero attached hydrogens (tertiary/aromatic N) is 1. The Morgan fingerprint density at radius 3 is 2.50 bits per heavy atom. The second-order valence-corrected chi connectivity index (χ2v) is 5.30. The van der Waals surface area contributed by atoms with E-state index in [0.29, 0.717) is 18.7 Å². The molecule has 1 aliphatic heterocycles. The zero-order valence-corrected chi connectivity index (χ0v) is 11.4. The fraction of sp³-hybridized carbons (Fsp3) is 0.600. The standard InChI is InChI=1S/C15H24N2O/c1-13(2)17-10-8-15(9-11-17)16-18-12-14-6-4-3-5-7-14/h3-7,13,15-16H,8-12H2,1-2H3. The molecule has 1 saturated heterocycles. The first kappa shape index (κ1) is 13.5. The molecule has 0 amide bonds. The van der Waals surface area contributed by atoms with Crippen molar-refractivity contribution < 1.29 is 4.84 Å². The molecule has 18 heavy (non-hydrogen) atoms. The maximum absolute atomic E-state index is 5.59. The highest BCUT2D eigenvalue weighted by atomic mass is 16.6. The summed E-state index contributed by atoms with van der Waals surface area (Å²) in [5, 5.41) is 0. The number of hydroxylamine groups is 1. The first-order chi connectivity index (χ1) is 8.75. The van der Waals surface area contributed by atoms with E-state index in [4.69, 9.17) is 4.84 Å². The van der Waals surface area contributed by atoms with Gasteiger partial charge in [0.05, 0.1) is 6.61 Å². The van der Waals surface area contributed by atoms with Crippen LogP contribution in [-0.2, 0) is 11.4 Å². The predicted molar refractivity (Wildman–Crippen MR) is 74.1 cm³/mol. The minimum Gasteiger partial charge on any atom is -0.301 e. The molecule has 100 valence electrons. The van der Waals surface area contributed by atoms with Crippen molar-refractivity contribution in [2.24, 2.45) is 0 Å². The van der Waals surface area contributed by atoms with Gasteiger partial charge in [-0.05, 0) is 45.3 Å². The third-order valence-corrected chi connectivity index (χ3v) is 3.59. The molecule has 1 fully saturated rings. The van der Waals surface area contributed by atoms with Gasteiger partial charge >= 0.3 is 0 Å². The molecule has 0 bridgehead atoms. The van der Waals surface area contributed by atoms with Crippen LogP contribution in [0.25, 0.3) is 0 Å². The number of likely N-dealkylation sites (tertiary alicyclic amines) is 1. The SMILES string of the molecule is CC(C)N1CCC(NOCc2ccccc2)CC1. The summed E-state index contributed by atoms with van der Waals surface area (Å²) in [5.74, 6) is 0. The molecule has 3 nitrogen and oxygen atoms in total. The summed E-state index contributed by atoms with van der Waals surface area (Å²) in [6.45, 7) is 7.51. The lowest BCUT2D eigenvalue weighted by molar-refractivity contribution is -0.0140. The highest BCUT2D eigenvalue weighted by Crippen LogP contribution is 2.13. The molecule has 0 aromatic heterocycles. The van der Waals surface area contributed by atoms with Crippen molar-refractivity contribution >= 4 is 0 Å². The quantitative estimate of drug-likeness (QED) is 0.811. The number of rotatable bonds is 5. The van der Waals surface area contributed by atoms with Gasteiger partial charge in [-0.1, -0.05) is 30.3 Å². The van der Waals surface area contributed by atoms with E-state index >= 15 is 0 Å². The molecular formula is C15H24N2O. The summed E-state index contributed by atoms with van der Waals surface area (Å²) in [6, 6.07) is 11.4. The minimum atomic E-state index is 0.503. The van der Waals surface area contributed by atoms with Gasteiger partial charge in [0, 0.05) is 12.1 Å². The molecule has 0 unspecified atom stereocenters. The Balaban J connectivity index is 1.64. The van der Waals surface area contributed by atoms with E-state index in [1.165, 1.54) is 31.5 Å². The molecule has 1 aromatic carbocycles. The summed E-state index contributed by atoms with van der Waals surface area (Å²) >= 11 is 0. The van der Waals surface area contributed by atoms with Crippen LogP contribution in [-0.4, -0.2) is 30.1 Å². The molecule has 2 rings (SSSR count). The van der Waals surface area contributed by atoms with E-state index < -0.39 is 0 Å². The average molecular weight is 248 g/mol. The number of benzene rings is 1. The Bertz CT molecular complexity index is 332. The van der Waals surface area contributed by atoms with E-state index in [1.54, 1.807) is 0 Å². The second-order valence-electron chi connectivity index (χ2n) is 5.30. The molecule has 0 spiro atoms. The third kappa shape index (κ3) is 4.09. The first-order valence-electron chi connectivity index (χ1n) is 6.91. The summed E-state index contributed by atoms with van der Waals surface area (Å²) < 4.78 is 0. The first-order valence-corrected chi connectivity index (χ1v) is 6.91. The van der Waals surface area contributed by atoms with Crippen LogP contribution >= 0.6 is 0 Å². The molecular weight excluding hydrogens is 224 g/mol. The van der Waals surface area contributed by atoms with Gasteiger partial charge in [-0.25, -0.2) is 0 Å². The van der Waals surface area contributed by atoms with Gasteiger partial charge in [0.2, 0.25) is 0 Å². The van der Waals surface area contributed by atoms with Crippen LogP contribution in [0.15, 0.2) is 30.3 Å². The van der Waals surface area contributed by atoms with Crippen molar-refractivity contribution in [3.05, 3.63) is 35.9 Å². The molecule has 3 heteroatoms. The normalized spacial score (nSPS) is 18.4. The molecule has 1 N–H and O–H groups in total. The van der Waals surface area contributed by atoms with Crippen molar-refractivity contribution in [3.63, 3.8) is 0 Å². The average Bonchev–Trinajstić information content (AvgIpc) is 2.40. The fourth-order valence-electron chi connectivity index (χ4n) is 2.35. The lowest BCUT2D eigenvalue weighted by atomic mass is 10.0. The van der Waals surface area contributed by atoms with Gasteiger partial charge < -0.3 is 4.90 Å². The van der Waals surface area contributed by atoms with E-state index in [0.717, 1.165) is 0 Å². The molecule has 0 aliphatic carbocycles. The van der Waals surface area contributed by atoms with Crippen LogP contribution in [0.4, 0.5) is 0 Å². The Hall–Kier alpha value is -0.900. The maximum atomic E-state index is 5.59.